The van der Waals surface area contributed by atoms with Crippen molar-refractivity contribution in [2.75, 3.05) is 6.61 Å². The van der Waals surface area contributed by atoms with Gasteiger partial charge in [-0.1, -0.05) is 24.6 Å². The van der Waals surface area contributed by atoms with E-state index < -0.39 is 15.6 Å². The Balaban J connectivity index is 3.25. The van der Waals surface area contributed by atoms with Crippen molar-refractivity contribution in [3.63, 3.8) is 0 Å². The van der Waals surface area contributed by atoms with Crippen LogP contribution < -0.4 is 4.72 Å². The molecule has 5 heteroatoms. The predicted octanol–water partition coefficient (Wildman–Crippen LogP) is 2.44. The van der Waals surface area contributed by atoms with Crippen LogP contribution in [-0.2, 0) is 10.0 Å². The molecule has 20 heavy (non-hydrogen) atoms. The van der Waals surface area contributed by atoms with Gasteiger partial charge in [-0.15, -0.1) is 0 Å². The predicted molar refractivity (Wildman–Crippen MR) is 81.4 cm³/mol. The van der Waals surface area contributed by atoms with E-state index in [-0.39, 0.29) is 6.61 Å². The zero-order valence-electron chi connectivity index (χ0n) is 12.9. The van der Waals surface area contributed by atoms with Crippen LogP contribution >= 0.6 is 0 Å². The molecule has 1 aromatic carbocycles. The minimum atomic E-state index is -3.59. The molecular formula is C15H25NO3S. The quantitative estimate of drug-likeness (QED) is 0.848. The molecule has 0 spiro atoms. The monoisotopic (exact) mass is 299 g/mol. The molecule has 1 atom stereocenters. The molecule has 114 valence electrons. The molecule has 1 aromatic rings. The standard InChI is InChI=1S/C15H25NO3S/c1-6-15(5,7-8-17)16-20(18,19)14-12(3)9-11(2)10-13(14)4/h9-10,16-17H,6-8H2,1-5H3. The molecular weight excluding hydrogens is 274 g/mol. The van der Waals surface area contributed by atoms with Crippen molar-refractivity contribution < 1.29 is 13.5 Å². The molecule has 0 aliphatic heterocycles. The Bertz CT molecular complexity index is 558. The molecule has 1 rings (SSSR count). The zero-order chi connectivity index (χ0) is 15.6. The molecule has 0 aliphatic carbocycles. The summed E-state index contributed by atoms with van der Waals surface area (Å²) in [7, 11) is -3.59. The maximum absolute atomic E-state index is 12.6. The van der Waals surface area contributed by atoms with Crippen molar-refractivity contribution in [3.8, 4) is 0 Å². The van der Waals surface area contributed by atoms with E-state index in [0.29, 0.717) is 17.7 Å². The van der Waals surface area contributed by atoms with Gasteiger partial charge in [-0.2, -0.15) is 0 Å². The fraction of sp³-hybridized carbons (Fsp3) is 0.600. The summed E-state index contributed by atoms with van der Waals surface area (Å²) in [5, 5.41) is 9.11. The summed E-state index contributed by atoms with van der Waals surface area (Å²) in [5.41, 5.74) is 1.92. The van der Waals surface area contributed by atoms with Crippen LogP contribution in [0.25, 0.3) is 0 Å². The Morgan fingerprint density at radius 2 is 1.70 bits per heavy atom. The van der Waals surface area contributed by atoms with Gasteiger partial charge in [0.2, 0.25) is 10.0 Å². The lowest BCUT2D eigenvalue weighted by atomic mass is 9.97. The number of benzene rings is 1. The third-order valence-corrected chi connectivity index (χ3v) is 5.64. The van der Waals surface area contributed by atoms with Gasteiger partial charge in [0.25, 0.3) is 0 Å². The van der Waals surface area contributed by atoms with E-state index in [9.17, 15) is 8.42 Å². The van der Waals surface area contributed by atoms with Gasteiger partial charge in [-0.05, 0) is 51.7 Å². The normalized spacial score (nSPS) is 15.1. The third-order valence-electron chi connectivity index (χ3n) is 3.70. The summed E-state index contributed by atoms with van der Waals surface area (Å²) in [5.74, 6) is 0. The molecule has 4 nitrogen and oxygen atoms in total. The van der Waals surface area contributed by atoms with Crippen molar-refractivity contribution in [2.24, 2.45) is 0 Å². The summed E-state index contributed by atoms with van der Waals surface area (Å²) < 4.78 is 28.0. The Hall–Kier alpha value is -0.910. The summed E-state index contributed by atoms with van der Waals surface area (Å²) >= 11 is 0. The Labute approximate surface area is 122 Å². The lowest BCUT2D eigenvalue weighted by Crippen LogP contribution is -2.46. The summed E-state index contributed by atoms with van der Waals surface area (Å²) in [6, 6.07) is 3.74. The second kappa shape index (κ2) is 6.24. The van der Waals surface area contributed by atoms with E-state index in [0.717, 1.165) is 16.7 Å². The van der Waals surface area contributed by atoms with Gasteiger partial charge in [0.1, 0.15) is 0 Å². The van der Waals surface area contributed by atoms with Gasteiger partial charge in [-0.3, -0.25) is 0 Å². The maximum Gasteiger partial charge on any atom is 0.241 e. The molecule has 0 radical (unpaired) electrons. The largest absolute Gasteiger partial charge is 0.396 e. The number of sulfonamides is 1. The highest BCUT2D eigenvalue weighted by molar-refractivity contribution is 7.89. The van der Waals surface area contributed by atoms with Crippen LogP contribution in [0.1, 0.15) is 43.4 Å². The van der Waals surface area contributed by atoms with Crippen LogP contribution in [0, 0.1) is 20.8 Å². The Morgan fingerprint density at radius 1 is 1.20 bits per heavy atom. The van der Waals surface area contributed by atoms with Gasteiger partial charge in [0.05, 0.1) is 4.90 Å². The number of aliphatic hydroxyl groups excluding tert-OH is 1. The number of aliphatic hydroxyl groups is 1. The van der Waals surface area contributed by atoms with Crippen molar-refractivity contribution in [1.29, 1.82) is 0 Å². The number of hydrogen-bond acceptors (Lipinski definition) is 3. The first-order valence-electron chi connectivity index (χ1n) is 6.88. The van der Waals surface area contributed by atoms with E-state index >= 15 is 0 Å². The summed E-state index contributed by atoms with van der Waals surface area (Å²) in [6.07, 6.45) is 1.02. The first-order valence-corrected chi connectivity index (χ1v) is 8.36. The Kier molecular flexibility index (Phi) is 5.35. The van der Waals surface area contributed by atoms with Crippen molar-refractivity contribution in [3.05, 3.63) is 28.8 Å². The Morgan fingerprint density at radius 3 is 2.10 bits per heavy atom. The highest BCUT2D eigenvalue weighted by Crippen LogP contribution is 2.25. The molecule has 0 amide bonds. The van der Waals surface area contributed by atoms with Crippen molar-refractivity contribution in [1.82, 2.24) is 4.72 Å². The van der Waals surface area contributed by atoms with Crippen LogP contribution in [0.15, 0.2) is 17.0 Å². The molecule has 0 aromatic heterocycles. The second-order valence-electron chi connectivity index (χ2n) is 5.72. The highest BCUT2D eigenvalue weighted by Gasteiger charge is 2.30. The molecule has 2 N–H and O–H groups in total. The molecule has 0 fully saturated rings. The molecule has 0 saturated carbocycles. The third kappa shape index (κ3) is 3.81. The molecule has 1 unspecified atom stereocenters. The lowest BCUT2D eigenvalue weighted by Gasteiger charge is -2.29. The van der Waals surface area contributed by atoms with E-state index in [4.69, 9.17) is 5.11 Å². The molecule has 0 aliphatic rings. The topological polar surface area (TPSA) is 66.4 Å². The maximum atomic E-state index is 12.6. The van der Waals surface area contributed by atoms with Gasteiger partial charge < -0.3 is 5.11 Å². The first-order chi connectivity index (χ1) is 9.15. The minimum Gasteiger partial charge on any atom is -0.396 e. The second-order valence-corrected chi connectivity index (χ2v) is 7.34. The average molecular weight is 299 g/mol. The van der Waals surface area contributed by atoms with Crippen LogP contribution in [-0.4, -0.2) is 25.7 Å². The fourth-order valence-corrected chi connectivity index (χ4v) is 4.48. The summed E-state index contributed by atoms with van der Waals surface area (Å²) in [4.78, 5) is 0.348. The van der Waals surface area contributed by atoms with E-state index in [1.807, 2.05) is 46.8 Å². The van der Waals surface area contributed by atoms with E-state index in [1.54, 1.807) is 0 Å². The van der Waals surface area contributed by atoms with Crippen LogP contribution in [0.2, 0.25) is 0 Å². The molecule has 0 heterocycles. The molecule has 0 bridgehead atoms. The SMILES string of the molecule is CCC(C)(CCO)NS(=O)(=O)c1c(C)cc(C)cc1C. The van der Waals surface area contributed by atoms with Crippen LogP contribution in [0.5, 0.6) is 0 Å². The van der Waals surface area contributed by atoms with Crippen molar-refractivity contribution >= 4 is 10.0 Å². The average Bonchev–Trinajstić information content (AvgIpc) is 2.26. The first kappa shape index (κ1) is 17.1. The van der Waals surface area contributed by atoms with Gasteiger partial charge >= 0.3 is 0 Å². The van der Waals surface area contributed by atoms with E-state index in [2.05, 4.69) is 4.72 Å². The minimum absolute atomic E-state index is 0.0429. The summed E-state index contributed by atoms with van der Waals surface area (Å²) in [6.45, 7) is 9.25. The van der Waals surface area contributed by atoms with Crippen LogP contribution in [0.4, 0.5) is 0 Å². The van der Waals surface area contributed by atoms with E-state index in [1.165, 1.54) is 0 Å². The van der Waals surface area contributed by atoms with Gasteiger partial charge in [0.15, 0.2) is 0 Å². The number of aryl methyl sites for hydroxylation is 3. The molecule has 0 saturated heterocycles. The highest BCUT2D eigenvalue weighted by atomic mass is 32.2. The smallest absolute Gasteiger partial charge is 0.241 e. The lowest BCUT2D eigenvalue weighted by molar-refractivity contribution is 0.233. The number of hydrogen-bond donors (Lipinski definition) is 2. The number of nitrogens with one attached hydrogen (secondary N) is 1. The van der Waals surface area contributed by atoms with Gasteiger partial charge in [-0.25, -0.2) is 13.1 Å². The van der Waals surface area contributed by atoms with Crippen molar-refractivity contribution in [2.45, 2.75) is 57.9 Å². The number of rotatable bonds is 6. The van der Waals surface area contributed by atoms with Gasteiger partial charge in [0, 0.05) is 12.1 Å². The fourth-order valence-electron chi connectivity index (χ4n) is 2.51. The van der Waals surface area contributed by atoms with Crippen LogP contribution in [0.3, 0.4) is 0 Å². The zero-order valence-corrected chi connectivity index (χ0v) is 13.8.